The topological polar surface area (TPSA) is 58.0 Å². The number of hydrogen-bond donors (Lipinski definition) is 1. The smallest absolute Gasteiger partial charge is 0.217 e. The molecule has 1 aromatic heterocycles. The van der Waals surface area contributed by atoms with E-state index in [4.69, 9.17) is 14.7 Å². The second-order valence-electron chi connectivity index (χ2n) is 16.8. The molecule has 3 aromatic carbocycles. The van der Waals surface area contributed by atoms with E-state index in [9.17, 15) is 5.11 Å². The standard InChI is InChI=1S/C42H52N3O2.Pt/c1-24-18-25(2)27(4)37(26(24)3)45-33-14-13-17-42(11,12)38(33)44-39(45)29-20-30(40(5,6)7)22-32(21-29)47-35-16-15-28-19-31(41(8,9)10)23-34(46)36(28)43-35;/h15-16,18-20,22-23,33,38,46H,13-14,17H2,1-12H3;/q-1;/t33-,38-;/m1./s1. The van der Waals surface area contributed by atoms with Crippen LogP contribution in [0.15, 0.2) is 47.5 Å². The van der Waals surface area contributed by atoms with Gasteiger partial charge < -0.3 is 19.7 Å². The minimum Gasteiger partial charge on any atom is -0.506 e. The zero-order valence-corrected chi connectivity index (χ0v) is 33.1. The van der Waals surface area contributed by atoms with Crippen molar-refractivity contribution in [2.45, 2.75) is 125 Å². The molecule has 4 aromatic rings. The normalized spacial score (nSPS) is 19.2. The van der Waals surface area contributed by atoms with Gasteiger partial charge in [-0.25, -0.2) is 4.98 Å². The Labute approximate surface area is 302 Å². The third kappa shape index (κ3) is 6.57. The largest absolute Gasteiger partial charge is 0.506 e. The third-order valence-electron chi connectivity index (χ3n) is 10.7. The number of anilines is 1. The number of aryl methyl sites for hydroxylation is 2. The van der Waals surface area contributed by atoms with Crippen molar-refractivity contribution in [3.63, 3.8) is 0 Å². The maximum Gasteiger partial charge on any atom is 0.217 e. The van der Waals surface area contributed by atoms with Crippen molar-refractivity contribution >= 4 is 22.4 Å². The van der Waals surface area contributed by atoms with E-state index < -0.39 is 0 Å². The quantitative estimate of drug-likeness (QED) is 0.208. The van der Waals surface area contributed by atoms with E-state index in [1.807, 2.05) is 18.2 Å². The Hall–Kier alpha value is -3.17. The third-order valence-corrected chi connectivity index (χ3v) is 10.7. The molecule has 5 nitrogen and oxygen atoms in total. The summed E-state index contributed by atoms with van der Waals surface area (Å²) in [6.07, 6.45) is 3.46. The molecule has 1 fully saturated rings. The number of nitrogens with zero attached hydrogens (tertiary/aromatic N) is 3. The summed E-state index contributed by atoms with van der Waals surface area (Å²) in [5.41, 5.74) is 10.1. The first kappa shape index (κ1) is 36.1. The van der Waals surface area contributed by atoms with Crippen molar-refractivity contribution < 1.29 is 30.9 Å². The Morgan fingerprint density at radius 1 is 0.875 bits per heavy atom. The molecule has 0 unspecified atom stereocenters. The number of aromatic hydroxyl groups is 1. The van der Waals surface area contributed by atoms with Crippen LogP contribution in [0.4, 0.5) is 5.69 Å². The summed E-state index contributed by atoms with van der Waals surface area (Å²) in [6.45, 7) is 26.8. The van der Waals surface area contributed by atoms with Gasteiger partial charge in [-0.3, -0.25) is 0 Å². The molecular formula is C42H52N3O2Pt-. The van der Waals surface area contributed by atoms with Crippen LogP contribution in [-0.2, 0) is 31.9 Å². The number of aromatic nitrogens is 1. The molecule has 6 heteroatoms. The summed E-state index contributed by atoms with van der Waals surface area (Å²) in [6, 6.07) is 18.5. The van der Waals surface area contributed by atoms with Crippen LogP contribution < -0.4 is 9.64 Å². The summed E-state index contributed by atoms with van der Waals surface area (Å²) < 4.78 is 6.51. The summed E-state index contributed by atoms with van der Waals surface area (Å²) in [7, 11) is 0. The van der Waals surface area contributed by atoms with E-state index in [2.05, 4.69) is 118 Å². The van der Waals surface area contributed by atoms with E-state index in [0.29, 0.717) is 17.1 Å². The van der Waals surface area contributed by atoms with Crippen molar-refractivity contribution in [1.29, 1.82) is 0 Å². The Kier molecular flexibility index (Phi) is 9.49. The van der Waals surface area contributed by atoms with Crippen molar-refractivity contribution in [1.82, 2.24) is 4.98 Å². The van der Waals surface area contributed by atoms with Crippen LogP contribution in [0.1, 0.15) is 114 Å². The van der Waals surface area contributed by atoms with Crippen molar-refractivity contribution in [2.24, 2.45) is 10.4 Å². The van der Waals surface area contributed by atoms with Gasteiger partial charge in [0.1, 0.15) is 11.3 Å². The number of fused-ring (bicyclic) bond motifs is 2. The molecule has 0 spiro atoms. The Morgan fingerprint density at radius 2 is 1.50 bits per heavy atom. The number of rotatable bonds is 4. The maximum atomic E-state index is 11.0. The van der Waals surface area contributed by atoms with Crippen molar-refractivity contribution in [2.75, 3.05) is 4.90 Å². The van der Waals surface area contributed by atoms with Gasteiger partial charge in [-0.05, 0) is 103 Å². The van der Waals surface area contributed by atoms with Crippen LogP contribution in [0.25, 0.3) is 10.9 Å². The van der Waals surface area contributed by atoms with Gasteiger partial charge in [0.15, 0.2) is 0 Å². The first-order chi connectivity index (χ1) is 21.8. The van der Waals surface area contributed by atoms with E-state index in [1.165, 1.54) is 40.8 Å². The number of aliphatic imine (C=N–C) groups is 1. The monoisotopic (exact) mass is 825 g/mol. The Balaban J connectivity index is 0.00000451. The second kappa shape index (κ2) is 12.6. The van der Waals surface area contributed by atoms with Crippen LogP contribution in [0.3, 0.4) is 0 Å². The molecule has 1 saturated carbocycles. The number of phenols is 1. The van der Waals surface area contributed by atoms with E-state index in [-0.39, 0.29) is 55.1 Å². The molecule has 1 aliphatic carbocycles. The average molecular weight is 826 g/mol. The molecular weight excluding hydrogens is 774 g/mol. The minimum absolute atomic E-state index is 0. The molecule has 1 N–H and O–H groups in total. The first-order valence-corrected chi connectivity index (χ1v) is 17.2. The first-order valence-electron chi connectivity index (χ1n) is 17.2. The predicted molar refractivity (Wildman–Crippen MR) is 196 cm³/mol. The van der Waals surface area contributed by atoms with Gasteiger partial charge in [0.05, 0.1) is 11.9 Å². The van der Waals surface area contributed by atoms with Crippen LogP contribution in [0.5, 0.6) is 17.4 Å². The molecule has 2 atom stereocenters. The van der Waals surface area contributed by atoms with Crippen LogP contribution in [0.2, 0.25) is 0 Å². The summed E-state index contributed by atoms with van der Waals surface area (Å²) in [4.78, 5) is 12.9. The van der Waals surface area contributed by atoms with E-state index in [1.54, 1.807) is 0 Å². The number of ether oxygens (including phenoxy) is 1. The molecule has 258 valence electrons. The number of amidine groups is 1. The fraction of sp³-hybridized carbons (Fsp3) is 0.476. The minimum atomic E-state index is -0.137. The van der Waals surface area contributed by atoms with E-state index >= 15 is 0 Å². The summed E-state index contributed by atoms with van der Waals surface area (Å²) >= 11 is 0. The zero-order valence-electron chi connectivity index (χ0n) is 30.8. The molecule has 2 heterocycles. The van der Waals surface area contributed by atoms with Gasteiger partial charge in [-0.1, -0.05) is 80.0 Å². The Bertz CT molecular complexity index is 1890. The second-order valence-corrected chi connectivity index (χ2v) is 16.8. The van der Waals surface area contributed by atoms with Crippen molar-refractivity contribution in [3.05, 3.63) is 87.5 Å². The summed E-state index contributed by atoms with van der Waals surface area (Å²) in [5, 5.41) is 11.8. The average Bonchev–Trinajstić information content (AvgIpc) is 3.36. The molecule has 0 amide bonds. The molecule has 6 rings (SSSR count). The number of pyridine rings is 1. The van der Waals surface area contributed by atoms with Crippen LogP contribution in [0, 0.1) is 39.2 Å². The van der Waals surface area contributed by atoms with Crippen LogP contribution >= 0.6 is 0 Å². The number of hydrogen-bond acceptors (Lipinski definition) is 5. The SMILES string of the molecule is Cc1cc(C)c(C)c(N2C(c3[c-]c(Oc4ccc5cc(C(C)(C)C)cc(O)c5n4)cc(C(C)(C)C)c3)=N[C@@H]3[C@H]2CCCC3(C)C)c1C.[Pt]. The van der Waals surface area contributed by atoms with Gasteiger partial charge >= 0.3 is 0 Å². The zero-order chi connectivity index (χ0) is 34.2. The fourth-order valence-electron chi connectivity index (χ4n) is 7.46. The molecule has 1 aliphatic heterocycles. The van der Waals surface area contributed by atoms with Gasteiger partial charge in [-0.15, -0.1) is 17.2 Å². The molecule has 0 saturated heterocycles. The number of benzene rings is 3. The summed E-state index contributed by atoms with van der Waals surface area (Å²) in [5.74, 6) is 2.15. The van der Waals surface area contributed by atoms with Crippen LogP contribution in [-0.4, -0.2) is 28.0 Å². The van der Waals surface area contributed by atoms with Gasteiger partial charge in [0.25, 0.3) is 0 Å². The maximum absolute atomic E-state index is 11.0. The van der Waals surface area contributed by atoms with Gasteiger partial charge in [-0.2, -0.15) is 0 Å². The van der Waals surface area contributed by atoms with E-state index in [0.717, 1.165) is 34.3 Å². The molecule has 48 heavy (non-hydrogen) atoms. The fourth-order valence-corrected chi connectivity index (χ4v) is 7.46. The molecule has 0 radical (unpaired) electrons. The molecule has 0 bridgehead atoms. The predicted octanol–water partition coefficient (Wildman–Crippen LogP) is 10.6. The van der Waals surface area contributed by atoms with Gasteiger partial charge in [0, 0.05) is 50.0 Å². The number of phenolic OH excluding ortho intramolecular Hbond substituents is 1. The Morgan fingerprint density at radius 3 is 2.12 bits per heavy atom. The molecule has 2 aliphatic rings. The van der Waals surface area contributed by atoms with Gasteiger partial charge in [0.2, 0.25) is 5.88 Å². The van der Waals surface area contributed by atoms with Crippen molar-refractivity contribution in [3.8, 4) is 17.4 Å².